The number of hydrogen-bond acceptors (Lipinski definition) is 5. The van der Waals surface area contributed by atoms with Crippen LogP contribution < -0.4 is 15.4 Å². The van der Waals surface area contributed by atoms with E-state index in [1.807, 2.05) is 0 Å². The lowest BCUT2D eigenvalue weighted by Gasteiger charge is -2.13. The van der Waals surface area contributed by atoms with Gasteiger partial charge in [-0.2, -0.15) is 0 Å². The molecular formula is C24H21ClN2O5S. The number of aromatic carboxylic acids is 1. The number of halogens is 1. The molecule has 0 saturated heterocycles. The first-order valence-corrected chi connectivity index (χ1v) is 11.1. The fourth-order valence-corrected chi connectivity index (χ4v) is 4.05. The summed E-state index contributed by atoms with van der Waals surface area (Å²) in [4.78, 5) is 37.1. The highest BCUT2D eigenvalue weighted by Crippen LogP contribution is 2.29. The number of anilines is 2. The van der Waals surface area contributed by atoms with E-state index >= 15 is 0 Å². The lowest BCUT2D eigenvalue weighted by atomic mass is 10.1. The molecular weight excluding hydrogens is 464 g/mol. The topological polar surface area (TPSA) is 105 Å². The van der Waals surface area contributed by atoms with E-state index in [0.717, 1.165) is 4.90 Å². The van der Waals surface area contributed by atoms with Crippen molar-refractivity contribution in [1.82, 2.24) is 0 Å². The molecule has 0 radical (unpaired) electrons. The van der Waals surface area contributed by atoms with Gasteiger partial charge in [-0.05, 0) is 61.5 Å². The maximum Gasteiger partial charge on any atom is 0.336 e. The molecule has 3 rings (SSSR count). The van der Waals surface area contributed by atoms with E-state index < -0.39 is 17.1 Å². The zero-order chi connectivity index (χ0) is 24.0. The van der Waals surface area contributed by atoms with Gasteiger partial charge < -0.3 is 20.5 Å². The number of nitrogens with one attached hydrogen (secondary N) is 2. The first-order chi connectivity index (χ1) is 15.8. The van der Waals surface area contributed by atoms with Crippen LogP contribution in [0.25, 0.3) is 0 Å². The van der Waals surface area contributed by atoms with Crippen molar-refractivity contribution in [3.63, 3.8) is 0 Å². The quantitative estimate of drug-likeness (QED) is 0.369. The van der Waals surface area contributed by atoms with Gasteiger partial charge in [-0.1, -0.05) is 23.7 Å². The van der Waals surface area contributed by atoms with E-state index in [0.29, 0.717) is 22.1 Å². The van der Waals surface area contributed by atoms with Crippen LogP contribution in [0.15, 0.2) is 71.6 Å². The predicted molar refractivity (Wildman–Crippen MR) is 130 cm³/mol. The van der Waals surface area contributed by atoms with Crippen LogP contribution in [0, 0.1) is 0 Å². The number of carboxylic acids is 1. The van der Waals surface area contributed by atoms with E-state index in [2.05, 4.69) is 10.6 Å². The molecule has 3 aromatic rings. The minimum absolute atomic E-state index is 0.0693. The fraction of sp³-hybridized carbons (Fsp3) is 0.125. The lowest BCUT2D eigenvalue weighted by molar-refractivity contribution is -0.115. The molecule has 1 atom stereocenters. The maximum absolute atomic E-state index is 12.5. The van der Waals surface area contributed by atoms with Gasteiger partial charge in [0.25, 0.3) is 5.91 Å². The molecule has 0 heterocycles. The smallest absolute Gasteiger partial charge is 0.336 e. The van der Waals surface area contributed by atoms with Gasteiger partial charge in [0.15, 0.2) is 0 Å². The van der Waals surface area contributed by atoms with Crippen molar-refractivity contribution < 1.29 is 24.2 Å². The van der Waals surface area contributed by atoms with Crippen LogP contribution in [0.1, 0.15) is 27.6 Å². The summed E-state index contributed by atoms with van der Waals surface area (Å²) in [5, 5.41) is 14.8. The molecule has 33 heavy (non-hydrogen) atoms. The van der Waals surface area contributed by atoms with Crippen LogP contribution in [0.3, 0.4) is 0 Å². The Labute approximate surface area is 200 Å². The molecule has 3 N–H and O–H groups in total. The first-order valence-electron chi connectivity index (χ1n) is 9.83. The molecule has 2 amide bonds. The summed E-state index contributed by atoms with van der Waals surface area (Å²) in [7, 11) is 1.52. The summed E-state index contributed by atoms with van der Waals surface area (Å²) in [5.74, 6) is -1.35. The van der Waals surface area contributed by atoms with E-state index in [9.17, 15) is 19.5 Å². The average Bonchev–Trinajstić information content (AvgIpc) is 2.80. The second-order valence-electron chi connectivity index (χ2n) is 6.93. The molecule has 0 aromatic heterocycles. The number of ether oxygens (including phenoxy) is 1. The summed E-state index contributed by atoms with van der Waals surface area (Å²) in [6.45, 7) is 1.78. The molecule has 9 heteroatoms. The molecule has 170 valence electrons. The van der Waals surface area contributed by atoms with Crippen LogP contribution in [-0.4, -0.2) is 35.2 Å². The average molecular weight is 485 g/mol. The molecule has 0 aliphatic heterocycles. The normalized spacial score (nSPS) is 11.4. The first kappa shape index (κ1) is 24.2. The van der Waals surface area contributed by atoms with Crippen molar-refractivity contribution in [2.45, 2.75) is 17.1 Å². The minimum atomic E-state index is -1.17. The summed E-state index contributed by atoms with van der Waals surface area (Å²) in [5.41, 5.74) is 1.08. The summed E-state index contributed by atoms with van der Waals surface area (Å²) < 4.78 is 5.11. The van der Waals surface area contributed by atoms with E-state index in [4.69, 9.17) is 16.3 Å². The largest absolute Gasteiger partial charge is 0.495 e. The molecule has 0 fully saturated rings. The predicted octanol–water partition coefficient (Wildman–Crippen LogP) is 5.42. The molecule has 0 aliphatic carbocycles. The molecule has 1 unspecified atom stereocenters. The third kappa shape index (κ3) is 6.27. The van der Waals surface area contributed by atoms with Gasteiger partial charge in [0.05, 0.1) is 28.5 Å². The molecule has 0 saturated carbocycles. The highest BCUT2D eigenvalue weighted by molar-refractivity contribution is 8.00. The SMILES string of the molecule is COc1ccc(NC(=O)C(C)Sc2ccc(NC(=O)c3ccccc3C(=O)O)cc2)cc1Cl. The zero-order valence-electron chi connectivity index (χ0n) is 17.8. The van der Waals surface area contributed by atoms with Crippen molar-refractivity contribution >= 4 is 52.5 Å². The zero-order valence-corrected chi connectivity index (χ0v) is 19.4. The second kappa shape index (κ2) is 10.9. The molecule has 0 spiro atoms. The number of carbonyl (C=O) groups is 3. The number of thioether (sulfide) groups is 1. The van der Waals surface area contributed by atoms with E-state index in [1.165, 1.54) is 31.0 Å². The number of benzene rings is 3. The van der Waals surface area contributed by atoms with Crippen molar-refractivity contribution in [3.8, 4) is 5.75 Å². The van der Waals surface area contributed by atoms with Crippen LogP contribution in [0.2, 0.25) is 5.02 Å². The third-order valence-electron chi connectivity index (χ3n) is 4.62. The van der Waals surface area contributed by atoms with Crippen molar-refractivity contribution in [2.24, 2.45) is 0 Å². The molecule has 3 aromatic carbocycles. The van der Waals surface area contributed by atoms with Gasteiger partial charge in [0.1, 0.15) is 5.75 Å². The molecule has 7 nitrogen and oxygen atoms in total. The highest BCUT2D eigenvalue weighted by atomic mass is 35.5. The number of carbonyl (C=O) groups excluding carboxylic acids is 2. The van der Waals surface area contributed by atoms with Gasteiger partial charge in [-0.25, -0.2) is 4.79 Å². The van der Waals surface area contributed by atoms with Gasteiger partial charge in [0.2, 0.25) is 5.91 Å². The van der Waals surface area contributed by atoms with Gasteiger partial charge in [-0.3, -0.25) is 9.59 Å². The van der Waals surface area contributed by atoms with E-state index in [-0.39, 0.29) is 17.0 Å². The number of carboxylic acid groups (broad SMARTS) is 1. The number of hydrogen-bond donors (Lipinski definition) is 3. The Hall–Kier alpha value is -3.49. The second-order valence-corrected chi connectivity index (χ2v) is 8.75. The van der Waals surface area contributed by atoms with Crippen LogP contribution in [-0.2, 0) is 4.79 Å². The van der Waals surface area contributed by atoms with Gasteiger partial charge in [-0.15, -0.1) is 11.8 Å². The third-order valence-corrected chi connectivity index (χ3v) is 6.02. The Bertz CT molecular complexity index is 1180. The van der Waals surface area contributed by atoms with E-state index in [1.54, 1.807) is 61.5 Å². The monoisotopic (exact) mass is 484 g/mol. The molecule has 0 bridgehead atoms. The Balaban J connectivity index is 1.60. The Kier molecular flexibility index (Phi) is 7.97. The standard InChI is InChI=1S/C24H21ClN2O5S/c1-14(22(28)27-16-9-12-21(32-2)20(25)13-16)33-17-10-7-15(8-11-17)26-23(29)18-5-3-4-6-19(18)24(30)31/h3-14H,1-2H3,(H,26,29)(H,27,28)(H,30,31). The van der Waals surface area contributed by atoms with Crippen LogP contribution in [0.5, 0.6) is 5.75 Å². The summed E-state index contributed by atoms with van der Waals surface area (Å²) >= 11 is 7.45. The highest BCUT2D eigenvalue weighted by Gasteiger charge is 2.17. The molecule has 0 aliphatic rings. The van der Waals surface area contributed by atoms with Crippen LogP contribution in [0.4, 0.5) is 11.4 Å². The van der Waals surface area contributed by atoms with Gasteiger partial charge in [0, 0.05) is 16.3 Å². The minimum Gasteiger partial charge on any atom is -0.495 e. The maximum atomic E-state index is 12.5. The van der Waals surface area contributed by atoms with Crippen LogP contribution >= 0.6 is 23.4 Å². The van der Waals surface area contributed by atoms with Gasteiger partial charge >= 0.3 is 5.97 Å². The lowest BCUT2D eigenvalue weighted by Crippen LogP contribution is -2.22. The number of rotatable bonds is 8. The van der Waals surface area contributed by atoms with Crippen molar-refractivity contribution in [1.29, 1.82) is 0 Å². The fourth-order valence-electron chi connectivity index (χ4n) is 2.93. The Morgan fingerprint density at radius 2 is 1.58 bits per heavy atom. The summed E-state index contributed by atoms with van der Waals surface area (Å²) in [6.07, 6.45) is 0. The number of amides is 2. The van der Waals surface area contributed by atoms with Crippen molar-refractivity contribution in [3.05, 3.63) is 82.9 Å². The number of methoxy groups -OCH3 is 1. The Morgan fingerprint density at radius 1 is 0.939 bits per heavy atom. The van der Waals surface area contributed by atoms with Crippen molar-refractivity contribution in [2.75, 3.05) is 17.7 Å². The summed E-state index contributed by atoms with van der Waals surface area (Å²) in [6, 6.07) is 17.9. The Morgan fingerprint density at radius 3 is 2.18 bits per heavy atom.